The summed E-state index contributed by atoms with van der Waals surface area (Å²) in [7, 11) is -4.05. The summed E-state index contributed by atoms with van der Waals surface area (Å²) in [6, 6.07) is 9.21. The highest BCUT2D eigenvalue weighted by Gasteiger charge is 2.20. The molecule has 0 saturated heterocycles. The quantitative estimate of drug-likeness (QED) is 0.488. The van der Waals surface area contributed by atoms with Gasteiger partial charge < -0.3 is 4.18 Å². The van der Waals surface area contributed by atoms with Gasteiger partial charge in [0.25, 0.3) is 5.69 Å². The van der Waals surface area contributed by atoms with Gasteiger partial charge in [0.1, 0.15) is 10.6 Å². The lowest BCUT2D eigenvalue weighted by atomic mass is 10.2. The summed E-state index contributed by atoms with van der Waals surface area (Å²) >= 11 is 5.88. The second-order valence-electron chi connectivity index (χ2n) is 4.15. The molecule has 0 aliphatic heterocycles. The molecule has 0 unspecified atom stereocenters. The van der Waals surface area contributed by atoms with E-state index < -0.39 is 15.0 Å². The predicted octanol–water partition coefficient (Wildman–Crippen LogP) is 3.32. The number of rotatable bonds is 4. The number of hydrogen-bond donors (Lipinski definition) is 0. The molecule has 0 fully saturated rings. The molecule has 8 heteroatoms. The number of nitro benzene ring substituents is 1. The van der Waals surface area contributed by atoms with Crippen LogP contribution in [-0.2, 0) is 10.1 Å². The molecule has 2 aromatic rings. The average Bonchev–Trinajstić information content (AvgIpc) is 2.41. The summed E-state index contributed by atoms with van der Waals surface area (Å²) in [6.07, 6.45) is 0. The SMILES string of the molecule is Cc1c(Cl)cccc1S(=O)(=O)Oc1ccc([N+](=O)[O-])cc1. The first kappa shape index (κ1) is 15.3. The molecule has 0 amide bonds. The molecule has 0 bridgehead atoms. The van der Waals surface area contributed by atoms with E-state index in [0.717, 1.165) is 12.1 Å². The highest BCUT2D eigenvalue weighted by Crippen LogP contribution is 2.26. The lowest BCUT2D eigenvalue weighted by Crippen LogP contribution is -2.11. The third kappa shape index (κ3) is 3.32. The Labute approximate surface area is 126 Å². The average molecular weight is 328 g/mol. The first-order valence-electron chi connectivity index (χ1n) is 5.75. The van der Waals surface area contributed by atoms with Crippen molar-refractivity contribution in [1.82, 2.24) is 0 Å². The second-order valence-corrected chi connectivity index (χ2v) is 6.07. The maximum absolute atomic E-state index is 12.2. The van der Waals surface area contributed by atoms with Gasteiger partial charge in [0.05, 0.1) is 4.92 Å². The number of benzene rings is 2. The fourth-order valence-corrected chi connectivity index (χ4v) is 3.07. The first-order chi connectivity index (χ1) is 9.81. The van der Waals surface area contributed by atoms with E-state index >= 15 is 0 Å². The third-order valence-electron chi connectivity index (χ3n) is 2.74. The molecule has 0 saturated carbocycles. The van der Waals surface area contributed by atoms with Crippen LogP contribution in [0.4, 0.5) is 5.69 Å². The van der Waals surface area contributed by atoms with E-state index in [1.54, 1.807) is 13.0 Å². The van der Waals surface area contributed by atoms with Crippen molar-refractivity contribution < 1.29 is 17.5 Å². The van der Waals surface area contributed by atoms with Crippen LogP contribution in [0, 0.1) is 17.0 Å². The largest absolute Gasteiger partial charge is 0.379 e. The van der Waals surface area contributed by atoms with Crippen molar-refractivity contribution in [2.24, 2.45) is 0 Å². The Bertz CT molecular complexity index is 787. The van der Waals surface area contributed by atoms with Gasteiger partial charge >= 0.3 is 10.1 Å². The van der Waals surface area contributed by atoms with Gasteiger partial charge in [-0.3, -0.25) is 10.1 Å². The highest BCUT2D eigenvalue weighted by molar-refractivity contribution is 7.87. The molecule has 6 nitrogen and oxygen atoms in total. The molecule has 0 radical (unpaired) electrons. The molecule has 0 heterocycles. The lowest BCUT2D eigenvalue weighted by molar-refractivity contribution is -0.384. The van der Waals surface area contributed by atoms with Crippen LogP contribution in [0.25, 0.3) is 0 Å². The third-order valence-corrected chi connectivity index (χ3v) is 4.54. The van der Waals surface area contributed by atoms with E-state index in [1.165, 1.54) is 24.3 Å². The van der Waals surface area contributed by atoms with Gasteiger partial charge in [-0.15, -0.1) is 0 Å². The van der Waals surface area contributed by atoms with E-state index in [2.05, 4.69) is 0 Å². The van der Waals surface area contributed by atoms with Crippen LogP contribution in [0.1, 0.15) is 5.56 Å². The van der Waals surface area contributed by atoms with Crippen molar-refractivity contribution in [2.75, 3.05) is 0 Å². The molecule has 21 heavy (non-hydrogen) atoms. The predicted molar refractivity (Wildman–Crippen MR) is 77.1 cm³/mol. The standard InChI is InChI=1S/C13H10ClNO5S/c1-9-12(14)3-2-4-13(9)21(18,19)20-11-7-5-10(6-8-11)15(16)17/h2-8H,1H3. The minimum atomic E-state index is -4.05. The monoisotopic (exact) mass is 327 g/mol. The minimum absolute atomic E-state index is 0.0139. The lowest BCUT2D eigenvalue weighted by Gasteiger charge is -2.09. The van der Waals surface area contributed by atoms with E-state index in [9.17, 15) is 18.5 Å². The normalized spacial score (nSPS) is 11.1. The smallest absolute Gasteiger partial charge is 0.339 e. The van der Waals surface area contributed by atoms with Gasteiger partial charge in [0.15, 0.2) is 0 Å². The summed E-state index contributed by atoms with van der Waals surface area (Å²) in [5.41, 5.74) is 0.222. The van der Waals surface area contributed by atoms with Crippen molar-refractivity contribution in [3.05, 3.63) is 63.2 Å². The molecule has 0 aliphatic carbocycles. The van der Waals surface area contributed by atoms with Crippen LogP contribution in [0.2, 0.25) is 5.02 Å². The topological polar surface area (TPSA) is 86.5 Å². The van der Waals surface area contributed by atoms with E-state index in [-0.39, 0.29) is 16.3 Å². The minimum Gasteiger partial charge on any atom is -0.379 e. The van der Waals surface area contributed by atoms with Gasteiger partial charge in [0.2, 0.25) is 0 Å². The van der Waals surface area contributed by atoms with E-state index in [0.29, 0.717) is 10.6 Å². The summed E-state index contributed by atoms with van der Waals surface area (Å²) in [5.74, 6) is -0.0139. The summed E-state index contributed by atoms with van der Waals surface area (Å²) in [4.78, 5) is 9.90. The van der Waals surface area contributed by atoms with Crippen molar-refractivity contribution >= 4 is 27.4 Å². The van der Waals surface area contributed by atoms with Gasteiger partial charge in [0, 0.05) is 17.2 Å². The number of halogens is 1. The highest BCUT2D eigenvalue weighted by atomic mass is 35.5. The Balaban J connectivity index is 2.33. The fraction of sp³-hybridized carbons (Fsp3) is 0.0769. The molecule has 0 atom stereocenters. The Morgan fingerprint density at radius 2 is 1.76 bits per heavy atom. The maximum Gasteiger partial charge on any atom is 0.339 e. The molecule has 110 valence electrons. The van der Waals surface area contributed by atoms with Gasteiger partial charge in [-0.2, -0.15) is 8.42 Å². The number of nitro groups is 1. The molecule has 2 rings (SSSR count). The van der Waals surface area contributed by atoms with Crippen molar-refractivity contribution in [2.45, 2.75) is 11.8 Å². The summed E-state index contributed by atoms with van der Waals surface area (Å²) in [6.45, 7) is 1.56. The van der Waals surface area contributed by atoms with Crippen LogP contribution in [0.5, 0.6) is 5.75 Å². The fourth-order valence-electron chi connectivity index (χ4n) is 1.65. The molecule has 2 aromatic carbocycles. The molecular formula is C13H10ClNO5S. The number of hydrogen-bond acceptors (Lipinski definition) is 5. The van der Waals surface area contributed by atoms with Gasteiger partial charge in [-0.25, -0.2) is 0 Å². The molecule has 0 aliphatic rings. The number of non-ortho nitro benzene ring substituents is 1. The van der Waals surface area contributed by atoms with Gasteiger partial charge in [-0.05, 0) is 36.8 Å². The maximum atomic E-state index is 12.2. The van der Waals surface area contributed by atoms with Crippen molar-refractivity contribution in [3.63, 3.8) is 0 Å². The second kappa shape index (κ2) is 5.71. The summed E-state index contributed by atoms with van der Waals surface area (Å²) in [5, 5.41) is 10.8. The molecular weight excluding hydrogens is 318 g/mol. The van der Waals surface area contributed by atoms with Crippen LogP contribution < -0.4 is 4.18 Å². The molecule has 0 N–H and O–H groups in total. The van der Waals surface area contributed by atoms with E-state index in [4.69, 9.17) is 15.8 Å². The first-order valence-corrected chi connectivity index (χ1v) is 7.54. The van der Waals surface area contributed by atoms with Crippen LogP contribution >= 0.6 is 11.6 Å². The zero-order valence-corrected chi connectivity index (χ0v) is 12.4. The number of nitrogens with zero attached hydrogens (tertiary/aromatic N) is 1. The van der Waals surface area contributed by atoms with Crippen molar-refractivity contribution in [3.8, 4) is 5.75 Å². The summed E-state index contributed by atoms with van der Waals surface area (Å²) < 4.78 is 29.3. The zero-order valence-electron chi connectivity index (χ0n) is 10.8. The molecule has 0 aromatic heterocycles. The zero-order chi connectivity index (χ0) is 15.6. The van der Waals surface area contributed by atoms with Crippen LogP contribution in [0.3, 0.4) is 0 Å². The van der Waals surface area contributed by atoms with E-state index in [1.807, 2.05) is 0 Å². The Morgan fingerprint density at radius 3 is 2.33 bits per heavy atom. The Kier molecular flexibility index (Phi) is 4.15. The van der Waals surface area contributed by atoms with Crippen LogP contribution in [-0.4, -0.2) is 13.3 Å². The van der Waals surface area contributed by atoms with Gasteiger partial charge in [-0.1, -0.05) is 17.7 Å². The molecule has 0 spiro atoms. The Hall–Kier alpha value is -2.12. The van der Waals surface area contributed by atoms with Crippen LogP contribution in [0.15, 0.2) is 47.4 Å². The van der Waals surface area contributed by atoms with Crippen molar-refractivity contribution in [1.29, 1.82) is 0 Å². The Morgan fingerprint density at radius 1 is 1.14 bits per heavy atom.